The van der Waals surface area contributed by atoms with E-state index in [4.69, 9.17) is 11.6 Å². The fourth-order valence-corrected chi connectivity index (χ4v) is 5.05. The maximum atomic E-state index is 13.6. The molecule has 0 aromatic heterocycles. The molecule has 3 rings (SSSR count). The summed E-state index contributed by atoms with van der Waals surface area (Å²) in [4.78, 5) is 28.8. The van der Waals surface area contributed by atoms with Crippen molar-refractivity contribution < 1.29 is 9.59 Å². The predicted molar refractivity (Wildman–Crippen MR) is 147 cm³/mol. The zero-order valence-electron chi connectivity index (χ0n) is 20.5. The van der Waals surface area contributed by atoms with Crippen molar-refractivity contribution in [3.05, 3.63) is 106 Å². The van der Waals surface area contributed by atoms with Crippen molar-refractivity contribution in [3.63, 3.8) is 0 Å². The Morgan fingerprint density at radius 3 is 2.20 bits per heavy atom. The number of amides is 2. The lowest BCUT2D eigenvalue weighted by atomic mass is 10.0. The van der Waals surface area contributed by atoms with Gasteiger partial charge in [-0.25, -0.2) is 0 Å². The molecule has 0 fully saturated rings. The molecule has 6 heteroatoms. The third-order valence-electron chi connectivity index (χ3n) is 5.74. The van der Waals surface area contributed by atoms with E-state index in [2.05, 4.69) is 5.32 Å². The highest BCUT2D eigenvalue weighted by atomic mass is 35.5. The fourth-order valence-electron chi connectivity index (χ4n) is 3.85. The smallest absolute Gasteiger partial charge is 0.243 e. The molecule has 0 saturated carbocycles. The molecule has 0 heterocycles. The lowest BCUT2D eigenvalue weighted by molar-refractivity contribution is -0.139. The van der Waals surface area contributed by atoms with Crippen LogP contribution in [-0.2, 0) is 28.3 Å². The number of thioether (sulfide) groups is 1. The topological polar surface area (TPSA) is 49.4 Å². The van der Waals surface area contributed by atoms with Crippen molar-refractivity contribution in [2.45, 2.75) is 51.6 Å². The summed E-state index contributed by atoms with van der Waals surface area (Å²) in [5.74, 6) is 0.690. The molecular weight excluding hydrogens is 476 g/mol. The average molecular weight is 509 g/mol. The molecule has 0 radical (unpaired) electrons. The highest BCUT2D eigenvalue weighted by Crippen LogP contribution is 2.23. The molecule has 0 aliphatic carbocycles. The van der Waals surface area contributed by atoms with Gasteiger partial charge in [0.2, 0.25) is 11.8 Å². The molecular formula is C29H33ClN2O2S. The number of hydrogen-bond donors (Lipinski definition) is 1. The van der Waals surface area contributed by atoms with E-state index in [1.807, 2.05) is 99.6 Å². The van der Waals surface area contributed by atoms with E-state index in [0.717, 1.165) is 22.3 Å². The Morgan fingerprint density at radius 1 is 0.914 bits per heavy atom. The molecule has 1 N–H and O–H groups in total. The van der Waals surface area contributed by atoms with Gasteiger partial charge in [-0.2, -0.15) is 0 Å². The molecule has 3 aromatic carbocycles. The van der Waals surface area contributed by atoms with E-state index < -0.39 is 6.04 Å². The van der Waals surface area contributed by atoms with E-state index >= 15 is 0 Å². The van der Waals surface area contributed by atoms with Gasteiger partial charge in [-0.15, -0.1) is 11.8 Å². The highest BCUT2D eigenvalue weighted by Gasteiger charge is 2.30. The first-order valence-corrected chi connectivity index (χ1v) is 13.4. The lowest BCUT2D eigenvalue weighted by Crippen LogP contribution is -2.52. The quantitative estimate of drug-likeness (QED) is 0.343. The van der Waals surface area contributed by atoms with Crippen LogP contribution >= 0.6 is 23.4 Å². The minimum atomic E-state index is -0.618. The molecule has 35 heavy (non-hydrogen) atoms. The minimum absolute atomic E-state index is 0.0224. The molecule has 0 unspecified atom stereocenters. The van der Waals surface area contributed by atoms with Crippen LogP contribution in [-0.4, -0.2) is 34.6 Å². The monoisotopic (exact) mass is 508 g/mol. The summed E-state index contributed by atoms with van der Waals surface area (Å²) in [5.41, 5.74) is 4.14. The molecule has 0 aliphatic rings. The van der Waals surface area contributed by atoms with Crippen LogP contribution in [0.3, 0.4) is 0 Å². The van der Waals surface area contributed by atoms with Gasteiger partial charge in [0.05, 0.1) is 5.75 Å². The van der Waals surface area contributed by atoms with Crippen LogP contribution in [0.4, 0.5) is 0 Å². The van der Waals surface area contributed by atoms with E-state index in [1.165, 1.54) is 11.8 Å². The van der Waals surface area contributed by atoms with Crippen LogP contribution in [0.2, 0.25) is 5.02 Å². The average Bonchev–Trinajstić information content (AvgIpc) is 2.83. The highest BCUT2D eigenvalue weighted by molar-refractivity contribution is 7.99. The number of rotatable bonds is 11. The molecule has 0 bridgehead atoms. The van der Waals surface area contributed by atoms with Crippen molar-refractivity contribution in [3.8, 4) is 0 Å². The Morgan fingerprint density at radius 2 is 1.54 bits per heavy atom. The maximum absolute atomic E-state index is 13.6. The maximum Gasteiger partial charge on any atom is 0.243 e. The number of aryl methyl sites for hydroxylation is 1. The zero-order valence-corrected chi connectivity index (χ0v) is 22.1. The Labute approximate surface area is 218 Å². The first-order valence-electron chi connectivity index (χ1n) is 11.8. The van der Waals surface area contributed by atoms with Crippen LogP contribution < -0.4 is 5.32 Å². The summed E-state index contributed by atoms with van der Waals surface area (Å²) >= 11 is 7.81. The van der Waals surface area contributed by atoms with Crippen LogP contribution in [0.15, 0.2) is 78.9 Å². The van der Waals surface area contributed by atoms with Crippen molar-refractivity contribution in [2.75, 3.05) is 5.75 Å². The predicted octanol–water partition coefficient (Wildman–Crippen LogP) is 6.05. The van der Waals surface area contributed by atoms with Gasteiger partial charge in [-0.05, 0) is 49.1 Å². The Balaban J connectivity index is 1.86. The molecule has 1 atom stereocenters. The van der Waals surface area contributed by atoms with E-state index in [0.29, 0.717) is 23.7 Å². The summed E-state index contributed by atoms with van der Waals surface area (Å²) in [6.45, 7) is 6.28. The van der Waals surface area contributed by atoms with Crippen molar-refractivity contribution in [2.24, 2.45) is 0 Å². The summed E-state index contributed by atoms with van der Waals surface area (Å²) < 4.78 is 0. The number of nitrogens with one attached hydrogen (secondary N) is 1. The second-order valence-corrected chi connectivity index (χ2v) is 10.3. The molecule has 4 nitrogen and oxygen atoms in total. The van der Waals surface area contributed by atoms with Gasteiger partial charge in [0.15, 0.2) is 0 Å². The van der Waals surface area contributed by atoms with Gasteiger partial charge < -0.3 is 10.2 Å². The van der Waals surface area contributed by atoms with Gasteiger partial charge in [0.25, 0.3) is 0 Å². The number of hydrogen-bond acceptors (Lipinski definition) is 3. The van der Waals surface area contributed by atoms with Crippen LogP contribution in [0, 0.1) is 6.92 Å². The standard InChI is InChI=1S/C29H33ClN2O2S/c1-21(2)31-29(34)27(17-23-12-5-4-6-13-23)32(18-24-14-8-7-11-22(24)3)28(33)20-35-19-25-15-9-10-16-26(25)30/h4-16,21,27H,17-20H2,1-3H3,(H,31,34)/t27-/m1/s1. The van der Waals surface area contributed by atoms with Crippen molar-refractivity contribution in [1.82, 2.24) is 10.2 Å². The third-order valence-corrected chi connectivity index (χ3v) is 7.08. The molecule has 2 amide bonds. The van der Waals surface area contributed by atoms with Gasteiger partial charge >= 0.3 is 0 Å². The second-order valence-electron chi connectivity index (χ2n) is 8.90. The molecule has 3 aromatic rings. The Hall–Kier alpha value is -2.76. The summed E-state index contributed by atoms with van der Waals surface area (Å²) in [6, 6.07) is 24.9. The van der Waals surface area contributed by atoms with Crippen molar-refractivity contribution >= 4 is 35.2 Å². The van der Waals surface area contributed by atoms with Crippen LogP contribution in [0.5, 0.6) is 0 Å². The zero-order chi connectivity index (χ0) is 25.2. The van der Waals surface area contributed by atoms with E-state index in [9.17, 15) is 9.59 Å². The number of halogens is 1. The first-order chi connectivity index (χ1) is 16.8. The van der Waals surface area contributed by atoms with Crippen LogP contribution in [0.1, 0.15) is 36.1 Å². The first kappa shape index (κ1) is 26.8. The third kappa shape index (κ3) is 8.15. The lowest BCUT2D eigenvalue weighted by Gasteiger charge is -2.32. The summed E-state index contributed by atoms with van der Waals surface area (Å²) in [6.07, 6.45) is 0.451. The number of carbonyl (C=O) groups is 2. The molecule has 0 saturated heterocycles. The Bertz CT molecular complexity index is 1120. The number of carbonyl (C=O) groups excluding carboxylic acids is 2. The van der Waals surface area contributed by atoms with Gasteiger partial charge in [-0.1, -0.05) is 84.4 Å². The number of nitrogens with zero attached hydrogens (tertiary/aromatic N) is 1. The molecule has 0 spiro atoms. The van der Waals surface area contributed by atoms with E-state index in [1.54, 1.807) is 4.90 Å². The summed E-state index contributed by atoms with van der Waals surface area (Å²) in [7, 11) is 0. The Kier molecular flexibility index (Phi) is 10.2. The summed E-state index contributed by atoms with van der Waals surface area (Å²) in [5, 5.41) is 3.73. The van der Waals surface area contributed by atoms with Gasteiger partial charge in [0.1, 0.15) is 6.04 Å². The SMILES string of the molecule is Cc1ccccc1CN(C(=O)CSCc1ccccc1Cl)[C@H](Cc1ccccc1)C(=O)NC(C)C. The largest absolute Gasteiger partial charge is 0.352 e. The molecule has 0 aliphatic heterocycles. The molecule has 184 valence electrons. The van der Waals surface area contributed by atoms with E-state index in [-0.39, 0.29) is 23.6 Å². The normalized spacial score (nSPS) is 11.8. The van der Waals surface area contributed by atoms with Gasteiger partial charge in [-0.3, -0.25) is 9.59 Å². The fraction of sp³-hybridized carbons (Fsp3) is 0.310. The van der Waals surface area contributed by atoms with Crippen molar-refractivity contribution in [1.29, 1.82) is 0 Å². The van der Waals surface area contributed by atoms with Crippen LogP contribution in [0.25, 0.3) is 0 Å². The minimum Gasteiger partial charge on any atom is -0.352 e. The number of benzene rings is 3. The second kappa shape index (κ2) is 13.4. The van der Waals surface area contributed by atoms with Gasteiger partial charge in [0, 0.05) is 29.8 Å².